The highest BCUT2D eigenvalue weighted by Gasteiger charge is 2.35. The summed E-state index contributed by atoms with van der Waals surface area (Å²) in [4.78, 5) is 27.1. The first-order valence-corrected chi connectivity index (χ1v) is 13.4. The maximum atomic E-state index is 13.5. The van der Waals surface area contributed by atoms with Crippen molar-refractivity contribution in [1.82, 2.24) is 10.2 Å². The van der Waals surface area contributed by atoms with Crippen LogP contribution in [0, 0.1) is 0 Å². The number of alkyl halides is 3. The van der Waals surface area contributed by atoms with Crippen LogP contribution in [0.2, 0.25) is 15.1 Å². The number of benzene rings is 2. The van der Waals surface area contributed by atoms with Crippen LogP contribution in [-0.2, 0) is 32.3 Å². The van der Waals surface area contributed by atoms with Crippen molar-refractivity contribution in [3.05, 3.63) is 62.6 Å². The Balaban J connectivity index is 2.56. The minimum absolute atomic E-state index is 0.153. The number of hydrogen-bond acceptors (Lipinski definition) is 4. The lowest BCUT2D eigenvalue weighted by molar-refractivity contribution is -0.140. The van der Waals surface area contributed by atoms with Crippen molar-refractivity contribution < 1.29 is 31.2 Å². The summed E-state index contributed by atoms with van der Waals surface area (Å²) >= 11 is 18.2. The number of nitrogens with zero attached hydrogens (tertiary/aromatic N) is 2. The zero-order valence-corrected chi connectivity index (χ0v) is 22.5. The summed E-state index contributed by atoms with van der Waals surface area (Å²) in [6, 6.07) is 5.61. The molecule has 1 N–H and O–H groups in total. The molecule has 0 heterocycles. The van der Waals surface area contributed by atoms with E-state index in [-0.39, 0.29) is 23.0 Å². The van der Waals surface area contributed by atoms with Gasteiger partial charge in [0.1, 0.15) is 12.6 Å². The molecular weight excluding hydrogens is 566 g/mol. The fourth-order valence-corrected chi connectivity index (χ4v) is 4.99. The first kappa shape index (κ1) is 30.0. The monoisotopic (exact) mass is 587 g/mol. The topological polar surface area (TPSA) is 86.8 Å². The number of halogens is 6. The summed E-state index contributed by atoms with van der Waals surface area (Å²) in [6.07, 6.45) is -3.90. The molecule has 2 aromatic rings. The van der Waals surface area contributed by atoms with Gasteiger partial charge in [0.15, 0.2) is 0 Å². The Morgan fingerprint density at radius 1 is 1.06 bits per heavy atom. The van der Waals surface area contributed by atoms with Crippen LogP contribution in [0.3, 0.4) is 0 Å². The van der Waals surface area contributed by atoms with Gasteiger partial charge >= 0.3 is 6.18 Å². The van der Waals surface area contributed by atoms with Gasteiger partial charge in [-0.1, -0.05) is 47.8 Å². The van der Waals surface area contributed by atoms with Crippen molar-refractivity contribution in [3.8, 4) is 0 Å². The van der Waals surface area contributed by atoms with Crippen LogP contribution in [0.15, 0.2) is 36.4 Å². The van der Waals surface area contributed by atoms with Gasteiger partial charge in [0.05, 0.1) is 22.5 Å². The van der Waals surface area contributed by atoms with Crippen molar-refractivity contribution in [1.29, 1.82) is 0 Å². The minimum atomic E-state index is -4.78. The molecule has 7 nitrogen and oxygen atoms in total. The molecule has 2 aromatic carbocycles. The third kappa shape index (κ3) is 7.41. The highest BCUT2D eigenvalue weighted by Crippen LogP contribution is 2.36. The number of likely N-dealkylation sites (N-methyl/N-ethyl adjacent to an activating group) is 1. The van der Waals surface area contributed by atoms with Gasteiger partial charge in [0.2, 0.25) is 21.8 Å². The lowest BCUT2D eigenvalue weighted by Crippen LogP contribution is -2.51. The van der Waals surface area contributed by atoms with Gasteiger partial charge in [-0.15, -0.1) is 0 Å². The SMILES string of the molecule is CCC(C(=O)NC)N(Cc1ccc(Cl)cc1Cl)C(=O)CN(c1cc(C(F)(F)F)ccc1Cl)S(C)(=O)=O. The molecule has 0 saturated carbocycles. The molecule has 0 aliphatic rings. The van der Waals surface area contributed by atoms with E-state index in [2.05, 4.69) is 5.32 Å². The van der Waals surface area contributed by atoms with E-state index in [1.165, 1.54) is 19.2 Å². The second kappa shape index (κ2) is 11.9. The lowest BCUT2D eigenvalue weighted by atomic mass is 10.1. The number of carbonyl (C=O) groups excluding carboxylic acids is 2. The van der Waals surface area contributed by atoms with Crippen LogP contribution >= 0.6 is 34.8 Å². The largest absolute Gasteiger partial charge is 0.416 e. The summed E-state index contributed by atoms with van der Waals surface area (Å²) in [7, 11) is -2.92. The number of hydrogen-bond donors (Lipinski definition) is 1. The van der Waals surface area contributed by atoms with Crippen molar-refractivity contribution in [2.45, 2.75) is 32.1 Å². The van der Waals surface area contributed by atoms with E-state index in [0.29, 0.717) is 27.0 Å². The molecule has 0 radical (unpaired) electrons. The maximum Gasteiger partial charge on any atom is 0.416 e. The first-order valence-electron chi connectivity index (χ1n) is 10.4. The van der Waals surface area contributed by atoms with Crippen LogP contribution in [0.4, 0.5) is 18.9 Å². The highest BCUT2D eigenvalue weighted by atomic mass is 35.5. The van der Waals surface area contributed by atoms with Crippen LogP contribution in [0.1, 0.15) is 24.5 Å². The van der Waals surface area contributed by atoms with E-state index in [0.717, 1.165) is 17.2 Å². The Morgan fingerprint density at radius 3 is 2.19 bits per heavy atom. The molecule has 1 atom stereocenters. The second-order valence-electron chi connectivity index (χ2n) is 7.73. The van der Waals surface area contributed by atoms with Crippen molar-refractivity contribution >= 4 is 62.3 Å². The Kier molecular flexibility index (Phi) is 9.91. The molecule has 0 aliphatic carbocycles. The molecular formula is C22H23Cl3F3N3O4S. The zero-order valence-electron chi connectivity index (χ0n) is 19.4. The Bertz CT molecular complexity index is 1240. The average Bonchev–Trinajstić information content (AvgIpc) is 2.77. The summed E-state index contributed by atoms with van der Waals surface area (Å²) in [5, 5.41) is 2.67. The van der Waals surface area contributed by atoms with Gasteiger partial charge < -0.3 is 10.2 Å². The predicted molar refractivity (Wildman–Crippen MR) is 134 cm³/mol. The van der Waals surface area contributed by atoms with Gasteiger partial charge in [0, 0.05) is 23.6 Å². The van der Waals surface area contributed by atoms with Gasteiger partial charge in [-0.2, -0.15) is 13.2 Å². The van der Waals surface area contributed by atoms with Crippen molar-refractivity contribution in [2.75, 3.05) is 24.2 Å². The maximum absolute atomic E-state index is 13.5. The van der Waals surface area contributed by atoms with Crippen molar-refractivity contribution in [3.63, 3.8) is 0 Å². The minimum Gasteiger partial charge on any atom is -0.357 e. The molecule has 2 rings (SSSR count). The van der Waals surface area contributed by atoms with Gasteiger partial charge in [0.25, 0.3) is 0 Å². The van der Waals surface area contributed by atoms with E-state index in [1.807, 2.05) is 0 Å². The molecule has 0 bridgehead atoms. The van der Waals surface area contributed by atoms with Gasteiger partial charge in [-0.25, -0.2) is 8.42 Å². The fourth-order valence-electron chi connectivity index (χ4n) is 3.39. The standard InChI is InChI=1S/C22H23Cl3F3N3O4S/c1-4-18(21(33)29-2)30(11-13-5-7-15(23)10-17(13)25)20(32)12-31(36(3,34)35)19-9-14(22(26,27)28)6-8-16(19)24/h5-10,18H,4,11-12H2,1-3H3,(H,29,33). The Morgan fingerprint density at radius 2 is 1.69 bits per heavy atom. The smallest absolute Gasteiger partial charge is 0.357 e. The van der Waals surface area contributed by atoms with Gasteiger partial charge in [-0.05, 0) is 42.3 Å². The highest BCUT2D eigenvalue weighted by molar-refractivity contribution is 7.92. The third-order valence-corrected chi connectivity index (χ3v) is 7.24. The molecule has 0 fully saturated rings. The summed E-state index contributed by atoms with van der Waals surface area (Å²) < 4.78 is 65.5. The van der Waals surface area contributed by atoms with E-state index in [9.17, 15) is 31.2 Å². The first-order chi connectivity index (χ1) is 16.6. The fraction of sp³-hybridized carbons (Fsp3) is 0.364. The van der Waals surface area contributed by atoms with Gasteiger partial charge in [-0.3, -0.25) is 13.9 Å². The zero-order chi connectivity index (χ0) is 27.4. The molecule has 36 heavy (non-hydrogen) atoms. The Hall–Kier alpha value is -2.21. The van der Waals surface area contributed by atoms with Crippen LogP contribution in [0.25, 0.3) is 0 Å². The number of nitrogens with one attached hydrogen (secondary N) is 1. The molecule has 2 amide bonds. The molecule has 0 saturated heterocycles. The van der Waals surface area contributed by atoms with E-state index >= 15 is 0 Å². The third-order valence-electron chi connectivity index (χ3n) is 5.21. The second-order valence-corrected chi connectivity index (χ2v) is 10.9. The molecule has 1 unspecified atom stereocenters. The van der Waals surface area contributed by atoms with Crippen LogP contribution in [0.5, 0.6) is 0 Å². The van der Waals surface area contributed by atoms with Crippen molar-refractivity contribution in [2.24, 2.45) is 0 Å². The number of amides is 2. The summed E-state index contributed by atoms with van der Waals surface area (Å²) in [5.41, 5.74) is -1.26. The molecule has 14 heteroatoms. The van der Waals surface area contributed by atoms with E-state index in [1.54, 1.807) is 13.0 Å². The van der Waals surface area contributed by atoms with Crippen LogP contribution < -0.4 is 9.62 Å². The molecule has 0 aliphatic heterocycles. The molecule has 198 valence electrons. The number of rotatable bonds is 9. The number of sulfonamides is 1. The van der Waals surface area contributed by atoms with Crippen LogP contribution in [-0.4, -0.2) is 51.0 Å². The summed E-state index contributed by atoms with van der Waals surface area (Å²) in [6.45, 7) is 0.523. The van der Waals surface area contributed by atoms with E-state index < -0.39 is 51.9 Å². The lowest BCUT2D eigenvalue weighted by Gasteiger charge is -2.33. The quantitative estimate of drug-likeness (QED) is 0.448. The van der Waals surface area contributed by atoms with E-state index in [4.69, 9.17) is 34.8 Å². The normalized spacial score (nSPS) is 12.7. The predicted octanol–water partition coefficient (Wildman–Crippen LogP) is 4.99. The Labute approximate surface area is 222 Å². The summed E-state index contributed by atoms with van der Waals surface area (Å²) in [5.74, 6) is -1.39. The number of carbonyl (C=O) groups is 2. The molecule has 0 aromatic heterocycles. The number of anilines is 1. The molecule has 0 spiro atoms. The average molecular weight is 589 g/mol.